The van der Waals surface area contributed by atoms with Crippen LogP contribution in [0.4, 0.5) is 5.69 Å². The SMILES string of the molecule is C[C@H](NC(=O)c1cccc(S(=O)(=O)Nc2ccccc2)c1)c1ccccc1. The predicted octanol–water partition coefficient (Wildman–Crippen LogP) is 3.98. The number of benzene rings is 3. The molecule has 27 heavy (non-hydrogen) atoms. The first-order valence-corrected chi connectivity index (χ1v) is 9.98. The van der Waals surface area contributed by atoms with E-state index in [-0.39, 0.29) is 22.4 Å². The van der Waals surface area contributed by atoms with Crippen LogP contribution in [-0.4, -0.2) is 14.3 Å². The molecule has 0 heterocycles. The minimum absolute atomic E-state index is 0.0337. The maximum atomic E-state index is 12.6. The number of anilines is 1. The molecule has 0 aromatic heterocycles. The van der Waals surface area contributed by atoms with Crippen LogP contribution in [0.15, 0.2) is 89.8 Å². The molecule has 5 nitrogen and oxygen atoms in total. The van der Waals surface area contributed by atoms with Gasteiger partial charge in [0.15, 0.2) is 0 Å². The summed E-state index contributed by atoms with van der Waals surface area (Å²) < 4.78 is 27.7. The van der Waals surface area contributed by atoms with Crippen LogP contribution in [0.25, 0.3) is 0 Å². The van der Waals surface area contributed by atoms with E-state index in [1.54, 1.807) is 42.5 Å². The van der Waals surface area contributed by atoms with Crippen molar-refractivity contribution >= 4 is 21.6 Å². The van der Waals surface area contributed by atoms with Gasteiger partial charge in [-0.1, -0.05) is 54.6 Å². The molecule has 0 fully saturated rings. The maximum absolute atomic E-state index is 12.6. The second-order valence-corrected chi connectivity index (χ2v) is 7.79. The average Bonchev–Trinajstić information content (AvgIpc) is 2.69. The minimum atomic E-state index is -3.78. The van der Waals surface area contributed by atoms with Crippen LogP contribution >= 0.6 is 0 Å². The molecule has 0 saturated heterocycles. The Balaban J connectivity index is 1.77. The summed E-state index contributed by atoms with van der Waals surface area (Å²) in [5, 5.41) is 2.89. The van der Waals surface area contributed by atoms with E-state index in [1.165, 1.54) is 12.1 Å². The van der Waals surface area contributed by atoms with Crippen LogP contribution in [0, 0.1) is 0 Å². The maximum Gasteiger partial charge on any atom is 0.261 e. The molecule has 138 valence electrons. The lowest BCUT2D eigenvalue weighted by atomic mass is 10.1. The molecular formula is C21H20N2O3S. The fourth-order valence-electron chi connectivity index (χ4n) is 2.63. The summed E-state index contributed by atoms with van der Waals surface area (Å²) in [6.45, 7) is 1.88. The van der Waals surface area contributed by atoms with Crippen molar-refractivity contribution in [3.05, 3.63) is 96.1 Å². The summed E-state index contributed by atoms with van der Waals surface area (Å²) in [6.07, 6.45) is 0. The van der Waals surface area contributed by atoms with Crippen molar-refractivity contribution in [2.45, 2.75) is 17.9 Å². The van der Waals surface area contributed by atoms with Crippen LogP contribution in [0.1, 0.15) is 28.9 Å². The van der Waals surface area contributed by atoms with Gasteiger partial charge in [-0.05, 0) is 42.8 Å². The Labute approximate surface area is 159 Å². The molecule has 0 aliphatic heterocycles. The van der Waals surface area contributed by atoms with Gasteiger partial charge in [0.25, 0.3) is 15.9 Å². The zero-order valence-electron chi connectivity index (χ0n) is 14.8. The number of hydrogen-bond donors (Lipinski definition) is 2. The summed E-state index contributed by atoms with van der Waals surface area (Å²) in [5.41, 5.74) is 1.72. The molecule has 1 atom stereocenters. The Morgan fingerprint density at radius 2 is 1.48 bits per heavy atom. The van der Waals surface area contributed by atoms with E-state index in [9.17, 15) is 13.2 Å². The molecule has 0 spiro atoms. The number of para-hydroxylation sites is 1. The molecule has 3 rings (SSSR count). The summed E-state index contributed by atoms with van der Waals surface area (Å²) in [4.78, 5) is 12.6. The third-order valence-electron chi connectivity index (χ3n) is 4.08. The Kier molecular flexibility index (Phi) is 5.57. The summed E-state index contributed by atoms with van der Waals surface area (Å²) in [5.74, 6) is -0.330. The number of carbonyl (C=O) groups excluding carboxylic acids is 1. The fourth-order valence-corrected chi connectivity index (χ4v) is 3.73. The first-order valence-electron chi connectivity index (χ1n) is 8.49. The van der Waals surface area contributed by atoms with Crippen LogP contribution in [-0.2, 0) is 10.0 Å². The summed E-state index contributed by atoms with van der Waals surface area (Å²) in [7, 11) is -3.78. The fraction of sp³-hybridized carbons (Fsp3) is 0.0952. The summed E-state index contributed by atoms with van der Waals surface area (Å²) in [6, 6.07) is 24.0. The Morgan fingerprint density at radius 1 is 0.852 bits per heavy atom. The van der Waals surface area contributed by atoms with Crippen molar-refractivity contribution in [1.82, 2.24) is 5.32 Å². The van der Waals surface area contributed by atoms with Crippen molar-refractivity contribution in [3.63, 3.8) is 0 Å². The molecule has 0 aliphatic rings. The zero-order valence-corrected chi connectivity index (χ0v) is 15.6. The van der Waals surface area contributed by atoms with Gasteiger partial charge >= 0.3 is 0 Å². The van der Waals surface area contributed by atoms with Crippen LogP contribution in [0.3, 0.4) is 0 Å². The van der Waals surface area contributed by atoms with Gasteiger partial charge in [0.1, 0.15) is 0 Å². The third-order valence-corrected chi connectivity index (χ3v) is 5.46. The Bertz CT molecular complexity index is 1020. The van der Waals surface area contributed by atoms with Crippen LogP contribution in [0.5, 0.6) is 0 Å². The van der Waals surface area contributed by atoms with Crippen molar-refractivity contribution in [2.24, 2.45) is 0 Å². The lowest BCUT2D eigenvalue weighted by Gasteiger charge is -2.15. The molecule has 0 unspecified atom stereocenters. The van der Waals surface area contributed by atoms with Crippen molar-refractivity contribution in [2.75, 3.05) is 4.72 Å². The van der Waals surface area contributed by atoms with Crippen molar-refractivity contribution < 1.29 is 13.2 Å². The molecule has 0 bridgehead atoms. The number of rotatable bonds is 6. The zero-order chi connectivity index (χ0) is 19.3. The lowest BCUT2D eigenvalue weighted by Crippen LogP contribution is -2.26. The average molecular weight is 380 g/mol. The molecule has 6 heteroatoms. The quantitative estimate of drug-likeness (QED) is 0.679. The number of amides is 1. The highest BCUT2D eigenvalue weighted by molar-refractivity contribution is 7.92. The highest BCUT2D eigenvalue weighted by Gasteiger charge is 2.17. The van der Waals surface area contributed by atoms with E-state index in [0.717, 1.165) is 5.56 Å². The van der Waals surface area contributed by atoms with Crippen LogP contribution in [0.2, 0.25) is 0 Å². The van der Waals surface area contributed by atoms with E-state index >= 15 is 0 Å². The number of sulfonamides is 1. The van der Waals surface area contributed by atoms with E-state index in [2.05, 4.69) is 10.0 Å². The minimum Gasteiger partial charge on any atom is -0.346 e. The number of carbonyl (C=O) groups is 1. The third kappa shape index (κ3) is 4.74. The van der Waals surface area contributed by atoms with Crippen molar-refractivity contribution in [1.29, 1.82) is 0 Å². The normalized spacial score (nSPS) is 12.2. The Hall–Kier alpha value is -3.12. The van der Waals surface area contributed by atoms with Gasteiger partial charge in [0, 0.05) is 11.3 Å². The van der Waals surface area contributed by atoms with Gasteiger partial charge in [-0.25, -0.2) is 8.42 Å². The topological polar surface area (TPSA) is 75.3 Å². The van der Waals surface area contributed by atoms with E-state index < -0.39 is 10.0 Å². The smallest absolute Gasteiger partial charge is 0.261 e. The second-order valence-electron chi connectivity index (χ2n) is 6.11. The van der Waals surface area contributed by atoms with E-state index in [4.69, 9.17) is 0 Å². The van der Waals surface area contributed by atoms with Crippen molar-refractivity contribution in [3.8, 4) is 0 Å². The Morgan fingerprint density at radius 3 is 2.15 bits per heavy atom. The van der Waals surface area contributed by atoms with E-state index in [0.29, 0.717) is 5.69 Å². The monoisotopic (exact) mass is 380 g/mol. The molecule has 2 N–H and O–H groups in total. The van der Waals surface area contributed by atoms with Gasteiger partial charge in [-0.3, -0.25) is 9.52 Å². The van der Waals surface area contributed by atoms with Gasteiger partial charge in [0.2, 0.25) is 0 Å². The van der Waals surface area contributed by atoms with Gasteiger partial charge in [-0.15, -0.1) is 0 Å². The molecule has 3 aromatic rings. The standard InChI is InChI=1S/C21H20N2O3S/c1-16(17-9-4-2-5-10-17)22-21(24)18-11-8-14-20(15-18)27(25,26)23-19-12-6-3-7-13-19/h2-16,23H,1H3,(H,22,24)/t16-/m0/s1. The highest BCUT2D eigenvalue weighted by Crippen LogP contribution is 2.18. The molecule has 3 aromatic carbocycles. The largest absolute Gasteiger partial charge is 0.346 e. The second kappa shape index (κ2) is 8.05. The first-order chi connectivity index (χ1) is 13.0. The molecule has 0 saturated carbocycles. The highest BCUT2D eigenvalue weighted by atomic mass is 32.2. The summed E-state index contributed by atoms with van der Waals surface area (Å²) >= 11 is 0. The lowest BCUT2D eigenvalue weighted by molar-refractivity contribution is 0.0939. The van der Waals surface area contributed by atoms with E-state index in [1.807, 2.05) is 37.3 Å². The predicted molar refractivity (Wildman–Crippen MR) is 106 cm³/mol. The first kappa shape index (κ1) is 18.7. The molecule has 0 radical (unpaired) electrons. The van der Waals surface area contributed by atoms with Crippen LogP contribution < -0.4 is 10.0 Å². The molecule has 1 amide bonds. The number of nitrogens with one attached hydrogen (secondary N) is 2. The molecule has 0 aliphatic carbocycles. The molecular weight excluding hydrogens is 360 g/mol. The van der Waals surface area contributed by atoms with Gasteiger partial charge in [-0.2, -0.15) is 0 Å². The van der Waals surface area contributed by atoms with Gasteiger partial charge in [0.05, 0.1) is 10.9 Å². The number of hydrogen-bond acceptors (Lipinski definition) is 3. The van der Waals surface area contributed by atoms with Gasteiger partial charge < -0.3 is 5.32 Å².